The highest BCUT2D eigenvalue weighted by atomic mass is 35.5. The average Bonchev–Trinajstić information content (AvgIpc) is 2.33. The molecule has 0 aliphatic carbocycles. The summed E-state index contributed by atoms with van der Waals surface area (Å²) in [4.78, 5) is 12.9. The molecule has 1 atom stereocenters. The van der Waals surface area contributed by atoms with Crippen LogP contribution in [0.4, 0.5) is 0 Å². The third-order valence-electron chi connectivity index (χ3n) is 3.38. The summed E-state index contributed by atoms with van der Waals surface area (Å²) in [6.45, 7) is 7.00. The number of carbonyl (C=O) groups is 1. The van der Waals surface area contributed by atoms with Gasteiger partial charge in [0.15, 0.2) is 0 Å². The minimum Gasteiger partial charge on any atom is -0.481 e. The molecule has 0 radical (unpaired) electrons. The Kier molecular flexibility index (Phi) is 6.80. The fourth-order valence-corrected chi connectivity index (χ4v) is 2.90. The monoisotopic (exact) mass is 317 g/mol. The van der Waals surface area contributed by atoms with Gasteiger partial charge in [-0.15, -0.1) is 0 Å². The molecular formula is C15H21Cl2NO2. The first-order valence-corrected chi connectivity index (χ1v) is 7.51. The van der Waals surface area contributed by atoms with Gasteiger partial charge in [0.05, 0.1) is 0 Å². The lowest BCUT2D eigenvalue weighted by Crippen LogP contribution is -2.34. The number of hydrogen-bond acceptors (Lipinski definition) is 2. The molecule has 1 rings (SSSR count). The van der Waals surface area contributed by atoms with Gasteiger partial charge in [-0.25, -0.2) is 0 Å². The lowest BCUT2D eigenvalue weighted by atomic mass is 10.0. The molecule has 1 aromatic rings. The van der Waals surface area contributed by atoms with Gasteiger partial charge in [-0.2, -0.15) is 0 Å². The maximum atomic E-state index is 10.6. The smallest absolute Gasteiger partial charge is 0.303 e. The van der Waals surface area contributed by atoms with Gasteiger partial charge in [-0.05, 0) is 51.4 Å². The van der Waals surface area contributed by atoms with E-state index in [0.717, 1.165) is 12.1 Å². The van der Waals surface area contributed by atoms with E-state index < -0.39 is 5.97 Å². The first-order chi connectivity index (χ1) is 9.32. The molecule has 3 nitrogen and oxygen atoms in total. The predicted molar refractivity (Wildman–Crippen MR) is 83.6 cm³/mol. The Bertz CT molecular complexity index is 463. The number of nitrogens with zero attached hydrogens (tertiary/aromatic N) is 1. The van der Waals surface area contributed by atoms with Gasteiger partial charge in [0, 0.05) is 28.5 Å². The summed E-state index contributed by atoms with van der Waals surface area (Å²) in [6, 6.07) is 5.93. The molecule has 0 fully saturated rings. The van der Waals surface area contributed by atoms with Gasteiger partial charge in [-0.1, -0.05) is 29.3 Å². The van der Waals surface area contributed by atoms with Gasteiger partial charge in [0.25, 0.3) is 0 Å². The average molecular weight is 318 g/mol. The molecule has 1 aromatic carbocycles. The molecule has 0 spiro atoms. The number of aliphatic carboxylic acids is 1. The van der Waals surface area contributed by atoms with Crippen LogP contribution in [-0.2, 0) is 4.79 Å². The summed E-state index contributed by atoms with van der Waals surface area (Å²) < 4.78 is 0. The molecule has 1 unspecified atom stereocenters. The molecule has 1 N–H and O–H groups in total. The van der Waals surface area contributed by atoms with Crippen LogP contribution in [0.1, 0.15) is 45.2 Å². The van der Waals surface area contributed by atoms with E-state index >= 15 is 0 Å². The Morgan fingerprint density at radius 1 is 1.30 bits per heavy atom. The second-order valence-electron chi connectivity index (χ2n) is 5.17. The van der Waals surface area contributed by atoms with Gasteiger partial charge in [0.2, 0.25) is 0 Å². The molecule has 20 heavy (non-hydrogen) atoms. The van der Waals surface area contributed by atoms with Crippen LogP contribution in [0.25, 0.3) is 0 Å². The Morgan fingerprint density at radius 3 is 2.45 bits per heavy atom. The van der Waals surface area contributed by atoms with E-state index in [1.54, 1.807) is 6.07 Å². The van der Waals surface area contributed by atoms with E-state index in [4.69, 9.17) is 28.3 Å². The van der Waals surface area contributed by atoms with Crippen molar-refractivity contribution in [2.24, 2.45) is 0 Å². The molecule has 0 bridgehead atoms. The fraction of sp³-hybridized carbons (Fsp3) is 0.533. The van der Waals surface area contributed by atoms with Crippen LogP contribution in [0, 0.1) is 0 Å². The van der Waals surface area contributed by atoms with Crippen molar-refractivity contribution < 1.29 is 9.90 Å². The maximum absolute atomic E-state index is 10.6. The normalized spacial score (nSPS) is 12.9. The van der Waals surface area contributed by atoms with Crippen LogP contribution in [0.15, 0.2) is 18.2 Å². The zero-order valence-electron chi connectivity index (χ0n) is 12.1. The SMILES string of the molecule is CC(C)N(CCCC(=O)O)C(C)c1ccc(Cl)cc1Cl. The minimum absolute atomic E-state index is 0.119. The van der Waals surface area contributed by atoms with Crippen LogP contribution in [0.2, 0.25) is 10.0 Å². The first kappa shape index (κ1) is 17.3. The third-order valence-corrected chi connectivity index (χ3v) is 3.94. The molecule has 0 saturated carbocycles. The molecule has 112 valence electrons. The second-order valence-corrected chi connectivity index (χ2v) is 6.01. The standard InChI is InChI=1S/C15H21Cl2NO2/c1-10(2)18(8-4-5-15(19)20)11(3)13-7-6-12(16)9-14(13)17/h6-7,9-11H,4-5,8H2,1-3H3,(H,19,20). The molecule has 0 amide bonds. The summed E-state index contributed by atoms with van der Waals surface area (Å²) >= 11 is 12.2. The Labute approximate surface area is 130 Å². The zero-order chi connectivity index (χ0) is 15.3. The highest BCUT2D eigenvalue weighted by Gasteiger charge is 2.20. The number of carboxylic acids is 1. The van der Waals surface area contributed by atoms with Crippen LogP contribution >= 0.6 is 23.2 Å². The van der Waals surface area contributed by atoms with Crippen LogP contribution in [-0.4, -0.2) is 28.6 Å². The largest absolute Gasteiger partial charge is 0.481 e. The van der Waals surface area contributed by atoms with Crippen molar-refractivity contribution in [3.8, 4) is 0 Å². The summed E-state index contributed by atoms with van der Waals surface area (Å²) in [5, 5.41) is 10.0. The summed E-state index contributed by atoms with van der Waals surface area (Å²) in [5.74, 6) is -0.758. The van der Waals surface area contributed by atoms with E-state index in [-0.39, 0.29) is 12.5 Å². The highest BCUT2D eigenvalue weighted by molar-refractivity contribution is 6.35. The van der Waals surface area contributed by atoms with Crippen molar-refractivity contribution in [3.05, 3.63) is 33.8 Å². The number of benzene rings is 1. The highest BCUT2D eigenvalue weighted by Crippen LogP contribution is 2.30. The summed E-state index contributed by atoms with van der Waals surface area (Å²) in [5.41, 5.74) is 1.01. The van der Waals surface area contributed by atoms with E-state index in [1.807, 2.05) is 12.1 Å². The molecule has 0 aliphatic heterocycles. The van der Waals surface area contributed by atoms with Gasteiger partial charge in [0.1, 0.15) is 0 Å². The topological polar surface area (TPSA) is 40.5 Å². The van der Waals surface area contributed by atoms with Crippen LogP contribution < -0.4 is 0 Å². The van der Waals surface area contributed by atoms with Gasteiger partial charge >= 0.3 is 5.97 Å². The third kappa shape index (κ3) is 4.97. The Morgan fingerprint density at radius 2 is 1.95 bits per heavy atom. The van der Waals surface area contributed by atoms with Crippen molar-refractivity contribution in [2.75, 3.05) is 6.54 Å². The molecule has 0 saturated heterocycles. The van der Waals surface area contributed by atoms with Crippen molar-refractivity contribution in [1.82, 2.24) is 4.90 Å². The van der Waals surface area contributed by atoms with Crippen molar-refractivity contribution >= 4 is 29.2 Å². The first-order valence-electron chi connectivity index (χ1n) is 6.75. The fourth-order valence-electron chi connectivity index (χ4n) is 2.33. The Balaban J connectivity index is 2.82. The maximum Gasteiger partial charge on any atom is 0.303 e. The quantitative estimate of drug-likeness (QED) is 0.797. The zero-order valence-corrected chi connectivity index (χ0v) is 13.6. The molecule has 5 heteroatoms. The molecular weight excluding hydrogens is 297 g/mol. The van der Waals surface area contributed by atoms with E-state index in [0.29, 0.717) is 22.5 Å². The number of halogens is 2. The van der Waals surface area contributed by atoms with E-state index in [9.17, 15) is 4.79 Å². The lowest BCUT2D eigenvalue weighted by molar-refractivity contribution is -0.137. The van der Waals surface area contributed by atoms with Crippen molar-refractivity contribution in [3.63, 3.8) is 0 Å². The minimum atomic E-state index is -0.758. The predicted octanol–water partition coefficient (Wildman–Crippen LogP) is 4.63. The number of hydrogen-bond donors (Lipinski definition) is 1. The van der Waals surface area contributed by atoms with Crippen molar-refractivity contribution in [1.29, 1.82) is 0 Å². The summed E-state index contributed by atoms with van der Waals surface area (Å²) in [7, 11) is 0. The number of rotatable bonds is 7. The molecule has 0 heterocycles. The van der Waals surface area contributed by atoms with Crippen molar-refractivity contribution in [2.45, 2.75) is 45.7 Å². The lowest BCUT2D eigenvalue weighted by Gasteiger charge is -2.33. The van der Waals surface area contributed by atoms with Crippen LogP contribution in [0.5, 0.6) is 0 Å². The van der Waals surface area contributed by atoms with E-state index in [2.05, 4.69) is 25.7 Å². The van der Waals surface area contributed by atoms with E-state index in [1.165, 1.54) is 0 Å². The van der Waals surface area contributed by atoms with Gasteiger partial charge < -0.3 is 5.11 Å². The molecule has 0 aliphatic rings. The van der Waals surface area contributed by atoms with Crippen LogP contribution in [0.3, 0.4) is 0 Å². The second kappa shape index (κ2) is 7.87. The molecule has 0 aromatic heterocycles. The summed E-state index contributed by atoms with van der Waals surface area (Å²) in [6.07, 6.45) is 0.813. The van der Waals surface area contributed by atoms with Gasteiger partial charge in [-0.3, -0.25) is 9.69 Å². The number of carboxylic acid groups (broad SMARTS) is 1. The Hall–Kier alpha value is -0.770.